The molecule has 176 valence electrons. The van der Waals surface area contributed by atoms with Gasteiger partial charge >= 0.3 is 0 Å². The number of amides is 1. The van der Waals surface area contributed by atoms with Gasteiger partial charge in [0, 0.05) is 31.7 Å². The number of carbonyl (C=O) groups is 1. The molecule has 1 aromatic heterocycles. The van der Waals surface area contributed by atoms with Gasteiger partial charge in [-0.2, -0.15) is 0 Å². The van der Waals surface area contributed by atoms with Crippen LogP contribution in [-0.2, 0) is 14.4 Å². The van der Waals surface area contributed by atoms with E-state index in [9.17, 15) is 4.79 Å². The molecule has 2 atom stereocenters. The van der Waals surface area contributed by atoms with Crippen LogP contribution in [0.2, 0.25) is 0 Å². The zero-order valence-corrected chi connectivity index (χ0v) is 20.8. The van der Waals surface area contributed by atoms with E-state index in [4.69, 9.17) is 9.57 Å². The second kappa shape index (κ2) is 11.7. The number of halogens is 1. The summed E-state index contributed by atoms with van der Waals surface area (Å²) < 4.78 is 5.74. The molecule has 32 heavy (non-hydrogen) atoms. The van der Waals surface area contributed by atoms with Crippen LogP contribution >= 0.6 is 22.6 Å². The fourth-order valence-electron chi connectivity index (χ4n) is 4.70. The number of hydroxylamine groups is 1. The fourth-order valence-corrected chi connectivity index (χ4v) is 5.90. The van der Waals surface area contributed by atoms with Gasteiger partial charge in [0.25, 0.3) is 5.91 Å². The van der Waals surface area contributed by atoms with Gasteiger partial charge in [0.1, 0.15) is 5.82 Å². The Bertz CT molecular complexity index is 763. The lowest BCUT2D eigenvalue weighted by molar-refractivity contribution is -0.198. The van der Waals surface area contributed by atoms with Crippen molar-refractivity contribution >= 4 is 40.4 Å². The van der Waals surface area contributed by atoms with Crippen molar-refractivity contribution in [3.63, 3.8) is 0 Å². The van der Waals surface area contributed by atoms with Crippen molar-refractivity contribution in [3.05, 3.63) is 24.2 Å². The highest BCUT2D eigenvalue weighted by Gasteiger charge is 2.37. The molecule has 9 heteroatoms. The molecule has 0 spiro atoms. The first kappa shape index (κ1) is 23.8. The number of anilines is 1. The monoisotopic (exact) mass is 555 g/mol. The van der Waals surface area contributed by atoms with Crippen LogP contribution in [0.3, 0.4) is 0 Å². The summed E-state index contributed by atoms with van der Waals surface area (Å²) in [6, 6.07) is 0.387. The standard InChI is InChI=1S/C23H34IN5O3/c24-23(11-3-1-4-12-23)29-13-6-7-19(17-29)27-20-16-25-18(15-26-20)9-10-21(30)28-32-22-8-2-5-14-31-22/h9-10,15-16,19,22H,1-8,11-14,17H2,(H,26,27)(H,28,30)/t19-,22?/m1/s1. The lowest BCUT2D eigenvalue weighted by atomic mass is 9.92. The first-order chi connectivity index (χ1) is 15.6. The molecule has 2 saturated heterocycles. The number of hydrogen-bond donors (Lipinski definition) is 2. The second-order valence-corrected chi connectivity index (χ2v) is 11.0. The van der Waals surface area contributed by atoms with Gasteiger partial charge < -0.3 is 10.1 Å². The highest BCUT2D eigenvalue weighted by atomic mass is 127. The molecule has 2 aliphatic heterocycles. The van der Waals surface area contributed by atoms with E-state index >= 15 is 0 Å². The lowest BCUT2D eigenvalue weighted by Crippen LogP contribution is -2.52. The topological polar surface area (TPSA) is 88.6 Å². The average molecular weight is 555 g/mol. The molecule has 1 unspecified atom stereocenters. The molecule has 1 saturated carbocycles. The summed E-state index contributed by atoms with van der Waals surface area (Å²) in [5.41, 5.74) is 3.03. The van der Waals surface area contributed by atoms with Crippen LogP contribution < -0.4 is 10.8 Å². The maximum absolute atomic E-state index is 11.9. The van der Waals surface area contributed by atoms with Crippen LogP contribution in [0.15, 0.2) is 18.5 Å². The van der Waals surface area contributed by atoms with E-state index in [1.807, 2.05) is 0 Å². The number of rotatable bonds is 7. The zero-order chi connectivity index (χ0) is 22.2. The largest absolute Gasteiger partial charge is 0.365 e. The van der Waals surface area contributed by atoms with Crippen molar-refractivity contribution < 1.29 is 14.4 Å². The molecule has 1 aliphatic carbocycles. The predicted octanol–water partition coefficient (Wildman–Crippen LogP) is 4.04. The van der Waals surface area contributed by atoms with Crippen LogP contribution in [0.5, 0.6) is 0 Å². The van der Waals surface area contributed by atoms with Crippen LogP contribution in [0.1, 0.15) is 69.9 Å². The minimum Gasteiger partial charge on any atom is -0.365 e. The summed E-state index contributed by atoms with van der Waals surface area (Å²) in [6.45, 7) is 2.91. The number of ether oxygens (including phenoxy) is 1. The van der Waals surface area contributed by atoms with Gasteiger partial charge in [-0.1, -0.05) is 41.9 Å². The second-order valence-electron chi connectivity index (χ2n) is 8.95. The maximum atomic E-state index is 11.9. The van der Waals surface area contributed by atoms with Gasteiger partial charge in [-0.15, -0.1) is 0 Å². The number of piperidine rings is 1. The first-order valence-electron chi connectivity index (χ1n) is 11.9. The third kappa shape index (κ3) is 6.85. The molecule has 3 aliphatic rings. The Morgan fingerprint density at radius 1 is 1.16 bits per heavy atom. The maximum Gasteiger partial charge on any atom is 0.267 e. The van der Waals surface area contributed by atoms with Crippen LogP contribution in [0, 0.1) is 0 Å². The molecule has 1 amide bonds. The first-order valence-corrected chi connectivity index (χ1v) is 13.0. The number of carbonyl (C=O) groups excluding carboxylic acids is 1. The molecule has 1 aromatic rings. The third-order valence-corrected chi connectivity index (χ3v) is 8.23. The number of nitrogens with one attached hydrogen (secondary N) is 2. The minimum absolute atomic E-state index is 0.324. The summed E-state index contributed by atoms with van der Waals surface area (Å²) >= 11 is 2.70. The summed E-state index contributed by atoms with van der Waals surface area (Å²) in [5, 5.41) is 3.56. The van der Waals surface area contributed by atoms with Gasteiger partial charge in [-0.05, 0) is 51.1 Å². The number of alkyl halides is 1. The molecule has 0 bridgehead atoms. The lowest BCUT2D eigenvalue weighted by Gasteiger charge is -2.46. The Kier molecular flexibility index (Phi) is 8.73. The van der Waals surface area contributed by atoms with E-state index in [1.165, 1.54) is 51.1 Å². The van der Waals surface area contributed by atoms with E-state index in [0.29, 0.717) is 21.9 Å². The van der Waals surface area contributed by atoms with Gasteiger partial charge in [0.15, 0.2) is 6.29 Å². The zero-order valence-electron chi connectivity index (χ0n) is 18.6. The molecular weight excluding hydrogens is 521 g/mol. The molecule has 0 aromatic carbocycles. The van der Waals surface area contributed by atoms with Gasteiger partial charge in [0.05, 0.1) is 21.6 Å². The summed E-state index contributed by atoms with van der Waals surface area (Å²) in [5.74, 6) is 0.434. The molecule has 8 nitrogen and oxygen atoms in total. The number of likely N-dealkylation sites (tertiary alicyclic amines) is 1. The molecule has 3 fully saturated rings. The van der Waals surface area contributed by atoms with Crippen molar-refractivity contribution in [3.8, 4) is 0 Å². The summed E-state index contributed by atoms with van der Waals surface area (Å²) in [6.07, 6.45) is 18.0. The predicted molar refractivity (Wildman–Crippen MR) is 132 cm³/mol. The smallest absolute Gasteiger partial charge is 0.267 e. The highest BCUT2D eigenvalue weighted by molar-refractivity contribution is 14.1. The Morgan fingerprint density at radius 2 is 2.03 bits per heavy atom. The van der Waals surface area contributed by atoms with E-state index in [1.54, 1.807) is 18.5 Å². The Balaban J connectivity index is 1.23. The van der Waals surface area contributed by atoms with E-state index in [-0.39, 0.29) is 12.2 Å². The van der Waals surface area contributed by atoms with E-state index in [2.05, 4.69) is 48.3 Å². The molecule has 0 radical (unpaired) electrons. The summed E-state index contributed by atoms with van der Waals surface area (Å²) in [4.78, 5) is 28.8. The minimum atomic E-state index is -0.359. The molecule has 3 heterocycles. The third-order valence-electron chi connectivity index (χ3n) is 6.47. The highest BCUT2D eigenvalue weighted by Crippen LogP contribution is 2.40. The van der Waals surface area contributed by atoms with Crippen molar-refractivity contribution in [1.82, 2.24) is 20.3 Å². The van der Waals surface area contributed by atoms with Crippen molar-refractivity contribution in [1.29, 1.82) is 0 Å². The van der Waals surface area contributed by atoms with Gasteiger partial charge in [-0.3, -0.25) is 14.7 Å². The Hall–Kier alpha value is -1.30. The van der Waals surface area contributed by atoms with Crippen molar-refractivity contribution in [2.45, 2.75) is 80.1 Å². The van der Waals surface area contributed by atoms with Crippen molar-refractivity contribution in [2.24, 2.45) is 0 Å². The fraction of sp³-hybridized carbons (Fsp3) is 0.696. The van der Waals surface area contributed by atoms with Crippen LogP contribution in [0.25, 0.3) is 6.08 Å². The van der Waals surface area contributed by atoms with Gasteiger partial charge in [0.2, 0.25) is 0 Å². The van der Waals surface area contributed by atoms with E-state index in [0.717, 1.165) is 38.0 Å². The SMILES string of the molecule is O=C(C=Cc1cnc(N[C@@H]2CCCN(C3(I)CCCCC3)C2)cn1)NOC1CCCCO1. The van der Waals surface area contributed by atoms with E-state index < -0.39 is 0 Å². The molecular formula is C23H34IN5O3. The quantitative estimate of drug-likeness (QED) is 0.173. The summed E-state index contributed by atoms with van der Waals surface area (Å²) in [7, 11) is 0. The Labute approximate surface area is 204 Å². The van der Waals surface area contributed by atoms with Crippen LogP contribution in [-0.4, -0.2) is 56.3 Å². The number of nitrogens with zero attached hydrogens (tertiary/aromatic N) is 3. The Morgan fingerprint density at radius 3 is 2.78 bits per heavy atom. The number of hydrogen-bond acceptors (Lipinski definition) is 7. The average Bonchev–Trinajstić information content (AvgIpc) is 2.84. The molecule has 4 rings (SSSR count). The van der Waals surface area contributed by atoms with Crippen molar-refractivity contribution in [2.75, 3.05) is 25.0 Å². The molecule has 2 N–H and O–H groups in total. The normalized spacial score (nSPS) is 26.7. The number of aromatic nitrogens is 2. The van der Waals surface area contributed by atoms with Gasteiger partial charge in [-0.25, -0.2) is 15.3 Å². The van der Waals surface area contributed by atoms with Crippen LogP contribution in [0.4, 0.5) is 5.82 Å².